The maximum atomic E-state index is 4.61. The Kier molecular flexibility index (Phi) is 4.69. The standard InChI is InChI=1S/C14H25N5/c1-5-11-12(6-2)17-18-14(15-11)16-13-7-8-19(4)9-10(13)3/h10,13H,5-9H2,1-4H3,(H,15,16,18). The second-order valence-corrected chi connectivity index (χ2v) is 5.51. The molecule has 0 radical (unpaired) electrons. The number of piperidine rings is 1. The molecule has 0 bridgehead atoms. The Hall–Kier alpha value is -1.23. The number of hydrogen-bond donors (Lipinski definition) is 1. The quantitative estimate of drug-likeness (QED) is 0.897. The van der Waals surface area contributed by atoms with Crippen LogP contribution in [-0.2, 0) is 12.8 Å². The van der Waals surface area contributed by atoms with Crippen molar-refractivity contribution in [2.75, 3.05) is 25.5 Å². The normalized spacial score (nSPS) is 24.4. The SMILES string of the molecule is CCc1nnc(NC2CCN(C)CC2C)nc1CC. The molecule has 1 saturated heterocycles. The first-order valence-corrected chi connectivity index (χ1v) is 7.31. The molecular formula is C14H25N5. The summed E-state index contributed by atoms with van der Waals surface area (Å²) in [7, 11) is 2.18. The van der Waals surface area contributed by atoms with Crippen molar-refractivity contribution < 1.29 is 0 Å². The number of rotatable bonds is 4. The van der Waals surface area contributed by atoms with Gasteiger partial charge in [-0.15, -0.1) is 5.10 Å². The van der Waals surface area contributed by atoms with Crippen molar-refractivity contribution in [1.82, 2.24) is 20.1 Å². The summed E-state index contributed by atoms with van der Waals surface area (Å²) in [6.45, 7) is 8.74. The summed E-state index contributed by atoms with van der Waals surface area (Å²) in [5.74, 6) is 1.30. The van der Waals surface area contributed by atoms with E-state index in [4.69, 9.17) is 0 Å². The zero-order valence-electron chi connectivity index (χ0n) is 12.5. The predicted molar refractivity (Wildman–Crippen MR) is 77.3 cm³/mol. The molecular weight excluding hydrogens is 238 g/mol. The Labute approximate surface area is 115 Å². The number of hydrogen-bond acceptors (Lipinski definition) is 5. The minimum absolute atomic E-state index is 0.454. The highest BCUT2D eigenvalue weighted by Crippen LogP contribution is 2.19. The molecule has 2 unspecified atom stereocenters. The second kappa shape index (κ2) is 6.28. The summed E-state index contributed by atoms with van der Waals surface area (Å²) < 4.78 is 0. The minimum atomic E-state index is 0.454. The van der Waals surface area contributed by atoms with Gasteiger partial charge in [0.15, 0.2) is 0 Å². The Bertz CT molecular complexity index is 420. The molecule has 1 aromatic rings. The Balaban J connectivity index is 2.06. The highest BCUT2D eigenvalue weighted by molar-refractivity contribution is 5.27. The molecule has 0 spiro atoms. The Morgan fingerprint density at radius 2 is 1.95 bits per heavy atom. The van der Waals surface area contributed by atoms with Crippen molar-refractivity contribution in [2.45, 2.75) is 46.1 Å². The van der Waals surface area contributed by atoms with Gasteiger partial charge in [0, 0.05) is 12.6 Å². The number of anilines is 1. The largest absolute Gasteiger partial charge is 0.350 e. The second-order valence-electron chi connectivity index (χ2n) is 5.51. The summed E-state index contributed by atoms with van der Waals surface area (Å²) in [5, 5.41) is 12.0. The molecule has 0 saturated carbocycles. The van der Waals surface area contributed by atoms with E-state index in [-0.39, 0.29) is 0 Å². The van der Waals surface area contributed by atoms with Gasteiger partial charge in [0.05, 0.1) is 11.4 Å². The third kappa shape index (κ3) is 3.41. The molecule has 5 nitrogen and oxygen atoms in total. The van der Waals surface area contributed by atoms with E-state index in [0.29, 0.717) is 17.9 Å². The maximum absolute atomic E-state index is 4.61. The van der Waals surface area contributed by atoms with Crippen molar-refractivity contribution in [1.29, 1.82) is 0 Å². The van der Waals surface area contributed by atoms with Gasteiger partial charge >= 0.3 is 0 Å². The summed E-state index contributed by atoms with van der Waals surface area (Å²) in [5.41, 5.74) is 2.09. The molecule has 1 aliphatic heterocycles. The fourth-order valence-corrected chi connectivity index (χ4v) is 2.73. The molecule has 106 valence electrons. The maximum Gasteiger partial charge on any atom is 0.243 e. The van der Waals surface area contributed by atoms with Crippen molar-refractivity contribution in [3.05, 3.63) is 11.4 Å². The molecule has 1 fully saturated rings. The number of nitrogens with one attached hydrogen (secondary N) is 1. The van der Waals surface area contributed by atoms with Crippen LogP contribution in [0.1, 0.15) is 38.6 Å². The van der Waals surface area contributed by atoms with Crippen molar-refractivity contribution in [3.63, 3.8) is 0 Å². The first kappa shape index (κ1) is 14.2. The van der Waals surface area contributed by atoms with E-state index in [9.17, 15) is 0 Å². The van der Waals surface area contributed by atoms with Gasteiger partial charge in [-0.2, -0.15) is 5.10 Å². The molecule has 2 rings (SSSR count). The lowest BCUT2D eigenvalue weighted by Gasteiger charge is -2.35. The minimum Gasteiger partial charge on any atom is -0.350 e. The molecule has 2 atom stereocenters. The highest BCUT2D eigenvalue weighted by Gasteiger charge is 2.24. The van der Waals surface area contributed by atoms with Crippen LogP contribution in [0.2, 0.25) is 0 Å². The van der Waals surface area contributed by atoms with E-state index >= 15 is 0 Å². The van der Waals surface area contributed by atoms with Crippen LogP contribution in [0, 0.1) is 5.92 Å². The topological polar surface area (TPSA) is 53.9 Å². The van der Waals surface area contributed by atoms with Crippen LogP contribution in [0.5, 0.6) is 0 Å². The van der Waals surface area contributed by atoms with Gasteiger partial charge in [-0.3, -0.25) is 0 Å². The smallest absolute Gasteiger partial charge is 0.243 e. The fourth-order valence-electron chi connectivity index (χ4n) is 2.73. The lowest BCUT2D eigenvalue weighted by molar-refractivity contribution is 0.205. The average molecular weight is 263 g/mol. The molecule has 1 aliphatic rings. The lowest BCUT2D eigenvalue weighted by Crippen LogP contribution is -2.43. The van der Waals surface area contributed by atoms with E-state index in [1.54, 1.807) is 0 Å². The first-order valence-electron chi connectivity index (χ1n) is 7.31. The van der Waals surface area contributed by atoms with Crippen molar-refractivity contribution in [2.24, 2.45) is 5.92 Å². The number of aromatic nitrogens is 3. The van der Waals surface area contributed by atoms with Gasteiger partial charge < -0.3 is 10.2 Å². The van der Waals surface area contributed by atoms with Gasteiger partial charge in [-0.25, -0.2) is 4.98 Å². The third-order valence-corrected chi connectivity index (χ3v) is 3.93. The lowest BCUT2D eigenvalue weighted by atomic mass is 9.94. The van der Waals surface area contributed by atoms with Crippen LogP contribution in [0.4, 0.5) is 5.95 Å². The van der Waals surface area contributed by atoms with Gasteiger partial charge in [0.25, 0.3) is 0 Å². The number of likely N-dealkylation sites (tertiary alicyclic amines) is 1. The van der Waals surface area contributed by atoms with Gasteiger partial charge in [0.2, 0.25) is 5.95 Å². The zero-order chi connectivity index (χ0) is 13.8. The molecule has 0 aromatic carbocycles. The van der Waals surface area contributed by atoms with E-state index in [2.05, 4.69) is 53.2 Å². The zero-order valence-corrected chi connectivity index (χ0v) is 12.5. The third-order valence-electron chi connectivity index (χ3n) is 3.93. The fraction of sp³-hybridized carbons (Fsp3) is 0.786. The highest BCUT2D eigenvalue weighted by atomic mass is 15.3. The predicted octanol–water partition coefficient (Wildman–Crippen LogP) is 1.75. The Morgan fingerprint density at radius 3 is 2.58 bits per heavy atom. The Morgan fingerprint density at radius 1 is 1.21 bits per heavy atom. The summed E-state index contributed by atoms with van der Waals surface area (Å²) >= 11 is 0. The van der Waals surface area contributed by atoms with Crippen LogP contribution in [0.25, 0.3) is 0 Å². The molecule has 0 amide bonds. The van der Waals surface area contributed by atoms with Crippen molar-refractivity contribution in [3.8, 4) is 0 Å². The average Bonchev–Trinajstić information content (AvgIpc) is 2.41. The van der Waals surface area contributed by atoms with E-state index < -0.39 is 0 Å². The first-order chi connectivity index (χ1) is 9.13. The molecule has 1 N–H and O–H groups in total. The van der Waals surface area contributed by atoms with Crippen LogP contribution in [-0.4, -0.2) is 46.3 Å². The monoisotopic (exact) mass is 263 g/mol. The van der Waals surface area contributed by atoms with Crippen LogP contribution < -0.4 is 5.32 Å². The van der Waals surface area contributed by atoms with Crippen molar-refractivity contribution >= 4 is 5.95 Å². The molecule has 2 heterocycles. The summed E-state index contributed by atoms with van der Waals surface area (Å²) in [6.07, 6.45) is 2.95. The van der Waals surface area contributed by atoms with Gasteiger partial charge in [-0.1, -0.05) is 20.8 Å². The van der Waals surface area contributed by atoms with Gasteiger partial charge in [-0.05, 0) is 38.8 Å². The van der Waals surface area contributed by atoms with Crippen LogP contribution in [0.15, 0.2) is 0 Å². The van der Waals surface area contributed by atoms with E-state index in [1.165, 1.54) is 0 Å². The van der Waals surface area contributed by atoms with Crippen LogP contribution in [0.3, 0.4) is 0 Å². The number of aryl methyl sites for hydroxylation is 2. The molecule has 1 aromatic heterocycles. The van der Waals surface area contributed by atoms with E-state index in [1.807, 2.05) is 0 Å². The summed E-state index contributed by atoms with van der Waals surface area (Å²) in [6, 6.07) is 0.454. The number of nitrogens with zero attached hydrogens (tertiary/aromatic N) is 4. The van der Waals surface area contributed by atoms with Crippen LogP contribution >= 0.6 is 0 Å². The molecule has 5 heteroatoms. The van der Waals surface area contributed by atoms with Gasteiger partial charge in [0.1, 0.15) is 0 Å². The molecule has 19 heavy (non-hydrogen) atoms. The molecule has 0 aliphatic carbocycles. The van der Waals surface area contributed by atoms with E-state index in [0.717, 1.165) is 43.7 Å². The summed E-state index contributed by atoms with van der Waals surface area (Å²) in [4.78, 5) is 6.99.